The molecule has 1 saturated heterocycles. The van der Waals surface area contributed by atoms with Gasteiger partial charge in [0.2, 0.25) is 15.9 Å². The zero-order valence-electron chi connectivity index (χ0n) is 13.9. The van der Waals surface area contributed by atoms with Gasteiger partial charge in [0, 0.05) is 37.1 Å². The molecule has 1 aliphatic heterocycles. The molecule has 0 aliphatic carbocycles. The Kier molecular flexibility index (Phi) is 5.68. The number of benzene rings is 1. The maximum Gasteiger partial charge on any atom is 0.246 e. The molecule has 10 heteroatoms. The van der Waals surface area contributed by atoms with E-state index in [9.17, 15) is 26.4 Å². The lowest BCUT2D eigenvalue weighted by atomic mass is 10.3. The number of hydrogen-bond donors (Lipinski definition) is 0. The number of rotatable bonds is 4. The number of amides is 1. The van der Waals surface area contributed by atoms with E-state index >= 15 is 0 Å². The van der Waals surface area contributed by atoms with Gasteiger partial charge in [0.1, 0.15) is 4.90 Å². The fourth-order valence-electron chi connectivity index (χ4n) is 2.64. The molecule has 1 fully saturated rings. The van der Waals surface area contributed by atoms with E-state index in [-0.39, 0.29) is 32.1 Å². The van der Waals surface area contributed by atoms with Gasteiger partial charge >= 0.3 is 0 Å². The van der Waals surface area contributed by atoms with Gasteiger partial charge < -0.3 is 4.90 Å². The number of carbonyl (C=O) groups excluding carboxylic acids is 1. The van der Waals surface area contributed by atoms with Gasteiger partial charge in [0.15, 0.2) is 17.5 Å². The van der Waals surface area contributed by atoms with Gasteiger partial charge in [-0.1, -0.05) is 6.07 Å². The first-order valence-corrected chi connectivity index (χ1v) is 10.3. The van der Waals surface area contributed by atoms with Crippen molar-refractivity contribution in [1.82, 2.24) is 9.21 Å². The number of carbonyl (C=O) groups is 1. The molecule has 1 aliphatic rings. The predicted octanol–water partition coefficient (Wildman–Crippen LogP) is 2.71. The maximum absolute atomic E-state index is 13.9. The summed E-state index contributed by atoms with van der Waals surface area (Å²) in [7, 11) is -4.33. The SMILES string of the molecule is O=C(C=Cc1cccs1)N1CCN(S(=O)(=O)c2ccc(F)c(F)c2F)CC1. The summed E-state index contributed by atoms with van der Waals surface area (Å²) in [5.41, 5.74) is 0. The van der Waals surface area contributed by atoms with Gasteiger partial charge in [-0.15, -0.1) is 11.3 Å². The van der Waals surface area contributed by atoms with Crippen molar-refractivity contribution in [3.63, 3.8) is 0 Å². The molecule has 144 valence electrons. The minimum Gasteiger partial charge on any atom is -0.337 e. The molecule has 1 aromatic carbocycles. The second-order valence-corrected chi connectivity index (χ2v) is 8.64. The molecule has 0 radical (unpaired) electrons. The molecule has 0 bridgehead atoms. The number of piperazine rings is 1. The fourth-order valence-corrected chi connectivity index (χ4v) is 4.74. The van der Waals surface area contributed by atoms with Crippen molar-refractivity contribution >= 4 is 33.3 Å². The third-order valence-electron chi connectivity index (χ3n) is 4.10. The van der Waals surface area contributed by atoms with Crippen LogP contribution >= 0.6 is 11.3 Å². The van der Waals surface area contributed by atoms with Crippen molar-refractivity contribution in [2.75, 3.05) is 26.2 Å². The largest absolute Gasteiger partial charge is 0.337 e. The van der Waals surface area contributed by atoms with Crippen LogP contribution in [0, 0.1) is 17.5 Å². The van der Waals surface area contributed by atoms with E-state index < -0.39 is 32.4 Å². The number of halogens is 3. The van der Waals surface area contributed by atoms with Crippen molar-refractivity contribution in [3.8, 4) is 0 Å². The Labute approximate surface area is 158 Å². The fraction of sp³-hybridized carbons (Fsp3) is 0.235. The zero-order valence-corrected chi connectivity index (χ0v) is 15.6. The molecule has 5 nitrogen and oxygen atoms in total. The van der Waals surface area contributed by atoms with Gasteiger partial charge in [-0.25, -0.2) is 21.6 Å². The Hall–Kier alpha value is -2.17. The molecule has 27 heavy (non-hydrogen) atoms. The smallest absolute Gasteiger partial charge is 0.246 e. The van der Waals surface area contributed by atoms with Crippen LogP contribution in [-0.4, -0.2) is 49.7 Å². The van der Waals surface area contributed by atoms with E-state index in [1.54, 1.807) is 6.08 Å². The lowest BCUT2D eigenvalue weighted by Gasteiger charge is -2.33. The highest BCUT2D eigenvalue weighted by molar-refractivity contribution is 7.89. The van der Waals surface area contributed by atoms with E-state index in [1.807, 2.05) is 17.5 Å². The first-order chi connectivity index (χ1) is 12.8. The number of sulfonamides is 1. The van der Waals surface area contributed by atoms with Gasteiger partial charge in [0.25, 0.3) is 0 Å². The Morgan fingerprint density at radius 2 is 1.74 bits per heavy atom. The number of hydrogen-bond acceptors (Lipinski definition) is 4. The van der Waals surface area contributed by atoms with Crippen LogP contribution in [-0.2, 0) is 14.8 Å². The minimum atomic E-state index is -4.33. The normalized spacial score (nSPS) is 16.2. The van der Waals surface area contributed by atoms with E-state index in [1.165, 1.54) is 22.3 Å². The predicted molar refractivity (Wildman–Crippen MR) is 95.0 cm³/mol. The quantitative estimate of drug-likeness (QED) is 0.569. The van der Waals surface area contributed by atoms with Gasteiger partial charge in [0.05, 0.1) is 0 Å². The van der Waals surface area contributed by atoms with Crippen LogP contribution in [0.3, 0.4) is 0 Å². The average Bonchev–Trinajstić information content (AvgIpc) is 3.17. The molecule has 0 atom stereocenters. The standard InChI is InChI=1S/C17H15F3N2O3S2/c18-13-4-5-14(17(20)16(13)19)27(24,25)22-9-7-21(8-10-22)15(23)6-3-12-2-1-11-26-12/h1-6,11H,7-10H2. The second kappa shape index (κ2) is 7.83. The van der Waals surface area contributed by atoms with Crippen LogP contribution in [0.1, 0.15) is 4.88 Å². The van der Waals surface area contributed by atoms with Crippen molar-refractivity contribution in [2.45, 2.75) is 4.90 Å². The van der Waals surface area contributed by atoms with E-state index in [0.717, 1.165) is 9.18 Å². The molecular weight excluding hydrogens is 401 g/mol. The molecular formula is C17H15F3N2O3S2. The average molecular weight is 416 g/mol. The Morgan fingerprint density at radius 3 is 2.37 bits per heavy atom. The highest BCUT2D eigenvalue weighted by Crippen LogP contribution is 2.24. The molecule has 0 unspecified atom stereocenters. The lowest BCUT2D eigenvalue weighted by molar-refractivity contribution is -0.127. The summed E-state index contributed by atoms with van der Waals surface area (Å²) in [6, 6.07) is 4.98. The van der Waals surface area contributed by atoms with Crippen LogP contribution < -0.4 is 0 Å². The van der Waals surface area contributed by atoms with Crippen LogP contribution in [0.2, 0.25) is 0 Å². The molecule has 1 aromatic heterocycles. The Morgan fingerprint density at radius 1 is 1.04 bits per heavy atom. The van der Waals surface area contributed by atoms with E-state index in [2.05, 4.69) is 0 Å². The number of nitrogens with zero attached hydrogens (tertiary/aromatic N) is 2. The first-order valence-electron chi connectivity index (χ1n) is 7.95. The van der Waals surface area contributed by atoms with Crippen LogP contribution in [0.5, 0.6) is 0 Å². The van der Waals surface area contributed by atoms with Crippen molar-refractivity contribution in [1.29, 1.82) is 0 Å². The summed E-state index contributed by atoms with van der Waals surface area (Å²) in [6.45, 7) is 0.0784. The summed E-state index contributed by atoms with van der Waals surface area (Å²) in [5, 5.41) is 1.88. The third kappa shape index (κ3) is 4.07. The first kappa shape index (κ1) is 19.6. The lowest BCUT2D eigenvalue weighted by Crippen LogP contribution is -2.50. The molecule has 3 rings (SSSR count). The summed E-state index contributed by atoms with van der Waals surface area (Å²) in [4.78, 5) is 13.6. The third-order valence-corrected chi connectivity index (χ3v) is 6.85. The molecule has 0 spiro atoms. The highest BCUT2D eigenvalue weighted by Gasteiger charge is 2.33. The van der Waals surface area contributed by atoms with Gasteiger partial charge in [-0.3, -0.25) is 4.79 Å². The topological polar surface area (TPSA) is 57.7 Å². The van der Waals surface area contributed by atoms with Crippen molar-refractivity contribution < 1.29 is 26.4 Å². The highest BCUT2D eigenvalue weighted by atomic mass is 32.2. The molecule has 0 N–H and O–H groups in total. The Bertz CT molecular complexity index is 968. The van der Waals surface area contributed by atoms with E-state index in [0.29, 0.717) is 12.1 Å². The second-order valence-electron chi connectivity index (χ2n) is 5.75. The summed E-state index contributed by atoms with van der Waals surface area (Å²) in [5.74, 6) is -5.30. The number of thiophene rings is 1. The zero-order chi connectivity index (χ0) is 19.6. The summed E-state index contributed by atoms with van der Waals surface area (Å²) in [6.07, 6.45) is 3.08. The van der Waals surface area contributed by atoms with Crippen molar-refractivity contribution in [3.05, 3.63) is 58.1 Å². The monoisotopic (exact) mass is 416 g/mol. The molecule has 1 amide bonds. The Balaban J connectivity index is 1.68. The van der Waals surface area contributed by atoms with Crippen molar-refractivity contribution in [2.24, 2.45) is 0 Å². The van der Waals surface area contributed by atoms with Crippen LogP contribution in [0.15, 0.2) is 40.6 Å². The molecule has 2 heterocycles. The van der Waals surface area contributed by atoms with Gasteiger partial charge in [-0.2, -0.15) is 4.31 Å². The van der Waals surface area contributed by atoms with Gasteiger partial charge in [-0.05, 0) is 29.7 Å². The minimum absolute atomic E-state index is 0.0701. The summed E-state index contributed by atoms with van der Waals surface area (Å²) < 4.78 is 66.2. The molecule has 0 saturated carbocycles. The van der Waals surface area contributed by atoms with Crippen LogP contribution in [0.25, 0.3) is 6.08 Å². The maximum atomic E-state index is 13.9. The molecule has 2 aromatic rings. The summed E-state index contributed by atoms with van der Waals surface area (Å²) >= 11 is 1.48. The van der Waals surface area contributed by atoms with Crippen LogP contribution in [0.4, 0.5) is 13.2 Å². The van der Waals surface area contributed by atoms with E-state index in [4.69, 9.17) is 0 Å².